The summed E-state index contributed by atoms with van der Waals surface area (Å²) in [5.74, 6) is 2.55. The van der Waals surface area contributed by atoms with Crippen molar-refractivity contribution in [2.45, 2.75) is 52.7 Å². The molecule has 1 aliphatic heterocycles. The molecule has 1 amide bonds. The average Bonchev–Trinajstić information content (AvgIpc) is 3.37. The molecule has 4 rings (SSSR count). The molecule has 31 heavy (non-hydrogen) atoms. The summed E-state index contributed by atoms with van der Waals surface area (Å²) in [4.78, 5) is 16.8. The number of nitrogens with one attached hydrogen (secondary N) is 1. The fraction of sp³-hybridized carbons (Fsp3) is 0.375. The number of amides is 1. The Hall–Kier alpha value is -3.35. The Morgan fingerprint density at radius 2 is 2.06 bits per heavy atom. The number of aryl methyl sites for hydroxylation is 2. The van der Waals surface area contributed by atoms with E-state index < -0.39 is 0 Å². The standard InChI is InChI=1S/C24H27N3O4/c1-4-29-20-12-18-11-16(3)30-21(18)13-19(20)14-25-22(28)9-10-23-26-24(27-31-23)17-7-5-15(2)6-8-17/h5-8,12-13,16H,4,9-11,14H2,1-3H3,(H,25,28)/t16-/m0/s1. The first-order chi connectivity index (χ1) is 15.0. The number of ether oxygens (including phenoxy) is 2. The van der Waals surface area contributed by atoms with Gasteiger partial charge in [-0.25, -0.2) is 0 Å². The molecule has 0 aliphatic carbocycles. The molecule has 1 aromatic heterocycles. The van der Waals surface area contributed by atoms with Crippen molar-refractivity contribution < 1.29 is 18.8 Å². The zero-order valence-corrected chi connectivity index (χ0v) is 18.1. The highest BCUT2D eigenvalue weighted by Gasteiger charge is 2.22. The van der Waals surface area contributed by atoms with Crippen LogP contribution in [0.15, 0.2) is 40.9 Å². The zero-order valence-electron chi connectivity index (χ0n) is 18.1. The van der Waals surface area contributed by atoms with E-state index in [2.05, 4.69) is 15.5 Å². The van der Waals surface area contributed by atoms with Gasteiger partial charge in [0.25, 0.3) is 0 Å². The molecule has 1 aliphatic rings. The lowest BCUT2D eigenvalue weighted by Crippen LogP contribution is -2.23. The van der Waals surface area contributed by atoms with Crippen LogP contribution >= 0.6 is 0 Å². The number of carbonyl (C=O) groups is 1. The summed E-state index contributed by atoms with van der Waals surface area (Å²) < 4.78 is 16.9. The zero-order chi connectivity index (χ0) is 21.8. The van der Waals surface area contributed by atoms with Crippen molar-refractivity contribution in [1.29, 1.82) is 0 Å². The normalized spacial score (nSPS) is 14.7. The molecule has 0 radical (unpaired) electrons. The predicted octanol–water partition coefficient (Wildman–Crippen LogP) is 4.02. The summed E-state index contributed by atoms with van der Waals surface area (Å²) in [5, 5.41) is 6.96. The van der Waals surface area contributed by atoms with Crippen molar-refractivity contribution in [2.24, 2.45) is 0 Å². The van der Waals surface area contributed by atoms with Crippen LogP contribution in [0.4, 0.5) is 0 Å². The van der Waals surface area contributed by atoms with Crippen LogP contribution in [-0.4, -0.2) is 28.8 Å². The van der Waals surface area contributed by atoms with Gasteiger partial charge in [0.1, 0.15) is 17.6 Å². The molecule has 0 spiro atoms. The minimum absolute atomic E-state index is 0.0904. The topological polar surface area (TPSA) is 86.5 Å². The second kappa shape index (κ2) is 9.20. The lowest BCUT2D eigenvalue weighted by Gasteiger charge is -2.13. The average molecular weight is 421 g/mol. The van der Waals surface area contributed by atoms with Crippen LogP contribution in [0.3, 0.4) is 0 Å². The first-order valence-corrected chi connectivity index (χ1v) is 10.6. The lowest BCUT2D eigenvalue weighted by molar-refractivity contribution is -0.121. The van der Waals surface area contributed by atoms with Crippen molar-refractivity contribution in [3.8, 4) is 22.9 Å². The maximum atomic E-state index is 12.4. The molecule has 1 N–H and O–H groups in total. The Bertz CT molecular complexity index is 1060. The Labute approximate surface area is 181 Å². The molecule has 7 heteroatoms. The van der Waals surface area contributed by atoms with E-state index in [1.54, 1.807) is 0 Å². The maximum Gasteiger partial charge on any atom is 0.227 e. The minimum Gasteiger partial charge on any atom is -0.494 e. The van der Waals surface area contributed by atoms with E-state index in [-0.39, 0.29) is 18.4 Å². The number of aromatic nitrogens is 2. The molecular weight excluding hydrogens is 394 g/mol. The summed E-state index contributed by atoms with van der Waals surface area (Å²) in [6, 6.07) is 11.9. The first-order valence-electron chi connectivity index (χ1n) is 10.6. The first kappa shape index (κ1) is 20.9. The van der Waals surface area contributed by atoms with Crippen molar-refractivity contribution in [3.63, 3.8) is 0 Å². The van der Waals surface area contributed by atoms with Gasteiger partial charge in [-0.05, 0) is 32.9 Å². The molecule has 3 aromatic rings. The van der Waals surface area contributed by atoms with E-state index >= 15 is 0 Å². The largest absolute Gasteiger partial charge is 0.494 e. The van der Waals surface area contributed by atoms with E-state index in [9.17, 15) is 4.79 Å². The molecule has 0 unspecified atom stereocenters. The van der Waals surface area contributed by atoms with Crippen molar-refractivity contribution in [2.75, 3.05) is 6.61 Å². The second-order valence-corrected chi connectivity index (χ2v) is 7.79. The summed E-state index contributed by atoms with van der Waals surface area (Å²) >= 11 is 0. The van der Waals surface area contributed by atoms with Gasteiger partial charge in [-0.3, -0.25) is 4.79 Å². The monoisotopic (exact) mass is 421 g/mol. The third kappa shape index (κ3) is 5.05. The molecule has 0 saturated carbocycles. The SMILES string of the molecule is CCOc1cc2c(cc1CNC(=O)CCc1nc(-c3ccc(C)cc3)no1)O[C@@H](C)C2. The smallest absolute Gasteiger partial charge is 0.227 e. The van der Waals surface area contributed by atoms with Gasteiger partial charge in [0.2, 0.25) is 17.6 Å². The van der Waals surface area contributed by atoms with Crippen molar-refractivity contribution in [1.82, 2.24) is 15.5 Å². The van der Waals surface area contributed by atoms with E-state index in [1.807, 2.05) is 57.2 Å². The van der Waals surface area contributed by atoms with Crippen LogP contribution in [-0.2, 0) is 24.2 Å². The summed E-state index contributed by atoms with van der Waals surface area (Å²) in [5.41, 5.74) is 4.11. The Morgan fingerprint density at radius 1 is 1.26 bits per heavy atom. The summed E-state index contributed by atoms with van der Waals surface area (Å²) in [7, 11) is 0. The van der Waals surface area contributed by atoms with Gasteiger partial charge in [-0.1, -0.05) is 35.0 Å². The van der Waals surface area contributed by atoms with E-state index in [0.29, 0.717) is 31.3 Å². The Morgan fingerprint density at radius 3 is 2.84 bits per heavy atom. The van der Waals surface area contributed by atoms with Crippen LogP contribution in [0, 0.1) is 6.92 Å². The van der Waals surface area contributed by atoms with Gasteiger partial charge in [0, 0.05) is 42.5 Å². The lowest BCUT2D eigenvalue weighted by atomic mass is 10.1. The van der Waals surface area contributed by atoms with Crippen molar-refractivity contribution in [3.05, 3.63) is 59.0 Å². The molecule has 0 bridgehead atoms. The van der Waals surface area contributed by atoms with Gasteiger partial charge in [0.05, 0.1) is 6.61 Å². The number of nitrogens with zero attached hydrogens (tertiary/aromatic N) is 2. The van der Waals surface area contributed by atoms with Crippen LogP contribution < -0.4 is 14.8 Å². The van der Waals surface area contributed by atoms with Gasteiger partial charge >= 0.3 is 0 Å². The van der Waals surface area contributed by atoms with Gasteiger partial charge < -0.3 is 19.3 Å². The molecule has 0 fully saturated rings. The highest BCUT2D eigenvalue weighted by atomic mass is 16.5. The quantitative estimate of drug-likeness (QED) is 0.591. The van der Waals surface area contributed by atoms with Crippen LogP contribution in [0.25, 0.3) is 11.4 Å². The van der Waals surface area contributed by atoms with Gasteiger partial charge in [0.15, 0.2) is 0 Å². The van der Waals surface area contributed by atoms with E-state index in [0.717, 1.165) is 34.6 Å². The van der Waals surface area contributed by atoms with Crippen LogP contribution in [0.2, 0.25) is 0 Å². The van der Waals surface area contributed by atoms with E-state index in [4.69, 9.17) is 14.0 Å². The highest BCUT2D eigenvalue weighted by molar-refractivity contribution is 5.76. The molecule has 2 aromatic carbocycles. The number of hydrogen-bond acceptors (Lipinski definition) is 6. The third-order valence-corrected chi connectivity index (χ3v) is 5.20. The molecule has 7 nitrogen and oxygen atoms in total. The predicted molar refractivity (Wildman–Crippen MR) is 116 cm³/mol. The van der Waals surface area contributed by atoms with Crippen LogP contribution in [0.1, 0.15) is 42.8 Å². The van der Waals surface area contributed by atoms with Gasteiger partial charge in [-0.2, -0.15) is 4.98 Å². The fourth-order valence-corrected chi connectivity index (χ4v) is 3.59. The van der Waals surface area contributed by atoms with Crippen molar-refractivity contribution >= 4 is 5.91 Å². The number of hydrogen-bond donors (Lipinski definition) is 1. The number of fused-ring (bicyclic) bond motifs is 1. The fourth-order valence-electron chi connectivity index (χ4n) is 3.59. The maximum absolute atomic E-state index is 12.4. The Kier molecular flexibility index (Phi) is 6.21. The number of benzene rings is 2. The molecule has 2 heterocycles. The molecule has 162 valence electrons. The van der Waals surface area contributed by atoms with Crippen LogP contribution in [0.5, 0.6) is 11.5 Å². The summed E-state index contributed by atoms with van der Waals surface area (Å²) in [6.07, 6.45) is 1.68. The second-order valence-electron chi connectivity index (χ2n) is 7.79. The Balaban J connectivity index is 1.33. The molecular formula is C24H27N3O4. The molecule has 1 atom stereocenters. The minimum atomic E-state index is -0.0904. The van der Waals surface area contributed by atoms with E-state index in [1.165, 1.54) is 5.56 Å². The third-order valence-electron chi connectivity index (χ3n) is 5.20. The molecule has 0 saturated heterocycles. The number of rotatable bonds is 8. The number of carbonyl (C=O) groups excluding carboxylic acids is 1. The van der Waals surface area contributed by atoms with Gasteiger partial charge in [-0.15, -0.1) is 0 Å². The highest BCUT2D eigenvalue weighted by Crippen LogP contribution is 2.35. The summed E-state index contributed by atoms with van der Waals surface area (Å²) in [6.45, 7) is 6.96.